The number of rotatable bonds is 15. The van der Waals surface area contributed by atoms with Gasteiger partial charge in [-0.25, -0.2) is 0 Å². The first kappa shape index (κ1) is 69.4. The quantitative estimate of drug-likeness (QED) is 0.0464. The number of H-pyrrole nitrogens is 5. The van der Waals surface area contributed by atoms with Crippen molar-refractivity contribution in [1.29, 1.82) is 0 Å². The van der Waals surface area contributed by atoms with Gasteiger partial charge in [-0.05, 0) is 95.6 Å². The average Bonchev–Trinajstić information content (AvgIpc) is 1.02. The van der Waals surface area contributed by atoms with E-state index in [-0.39, 0.29) is 56.5 Å². The Morgan fingerprint density at radius 3 is 0.697 bits per heavy atom. The molecule has 0 bridgehead atoms. The first-order chi connectivity index (χ1) is 48.2. The standard InChI is InChI=1S/C18H21NO2.C18H15NO2.C17H19NO2.C16H17NO2.C15H15NO2/c2*20-16-12-15(11-13-7-3-1-4-8-13)19-18(21)17(16)14-9-5-2-6-10-14;19-15-11-14(10-12-6-4-5-7-12)18-17(20)16(15)13-8-2-1-3-9-13;18-14-10-13(9-11-5-4-6-11)17-16(19)15(14)12-7-2-1-3-8-12;17-13-9-12(8-10-6-7-10)16-15(18)14(13)11-4-2-1-3-5-11/h2,5-6,9-10,12-13H,1,3-4,7-8,11H2,(H2,19,20,21);1-10,12H,11H2,(H2,19,20,21);1-3,8-9,11-12H,4-7,10H2,(H2,18,19,20);1-3,7-8,10-11H,4-6,9H2,(H2,17,18,19);1-5,9-10H,6-8H2,(H2,16,17,18). The second-order valence-electron chi connectivity index (χ2n) is 26.6. The van der Waals surface area contributed by atoms with Crippen molar-refractivity contribution in [3.05, 3.63) is 298 Å². The van der Waals surface area contributed by atoms with E-state index in [1.165, 1.54) is 89.9 Å². The molecule has 15 rings (SSSR count). The highest BCUT2D eigenvalue weighted by atomic mass is 16.3. The summed E-state index contributed by atoms with van der Waals surface area (Å²) in [4.78, 5) is 75.4. The molecule has 4 fully saturated rings. The largest absolute Gasteiger partial charge is 0.507 e. The molecule has 15 nitrogen and oxygen atoms in total. The minimum atomic E-state index is -0.271. The highest BCUT2D eigenvalue weighted by Gasteiger charge is 2.25. The van der Waals surface area contributed by atoms with Crippen LogP contribution >= 0.6 is 0 Å². The van der Waals surface area contributed by atoms with Crippen LogP contribution in [-0.2, 0) is 32.1 Å². The summed E-state index contributed by atoms with van der Waals surface area (Å²) in [7, 11) is 0. The maximum Gasteiger partial charge on any atom is 0.259 e. The SMILES string of the molecule is O=c1[nH]c(CC2CC2)cc(O)c1-c1ccccc1.O=c1[nH]c(CC2CCC2)cc(O)c1-c1ccccc1.O=c1[nH]c(CC2CCCC2)cc(O)c1-c1ccccc1.O=c1[nH]c(CC2CCCCC2)cc(O)c1-c1ccccc1.O=c1[nH]c(Cc2ccccc2)cc(O)c1-c1ccccc1. The van der Waals surface area contributed by atoms with Crippen molar-refractivity contribution in [3.8, 4) is 84.4 Å². The molecule has 6 aromatic carbocycles. The van der Waals surface area contributed by atoms with Crippen LogP contribution in [0.4, 0.5) is 0 Å². The summed E-state index contributed by atoms with van der Waals surface area (Å²) >= 11 is 0. The van der Waals surface area contributed by atoms with Crippen LogP contribution in [0.3, 0.4) is 0 Å². The van der Waals surface area contributed by atoms with Crippen LogP contribution in [-0.4, -0.2) is 50.5 Å². The Hall–Kier alpha value is -10.9. The van der Waals surface area contributed by atoms with Gasteiger partial charge in [-0.1, -0.05) is 259 Å². The molecule has 4 saturated carbocycles. The van der Waals surface area contributed by atoms with Crippen LogP contribution in [0.1, 0.15) is 124 Å². The van der Waals surface area contributed by atoms with Crippen LogP contribution in [0.15, 0.2) is 236 Å². The fourth-order valence-electron chi connectivity index (χ4n) is 13.6. The van der Waals surface area contributed by atoms with E-state index in [0.29, 0.717) is 69.2 Å². The Morgan fingerprint density at radius 2 is 0.465 bits per heavy atom. The molecule has 99 heavy (non-hydrogen) atoms. The topological polar surface area (TPSA) is 265 Å². The summed E-state index contributed by atoms with van der Waals surface area (Å²) in [6.07, 6.45) is 21.5. The summed E-state index contributed by atoms with van der Waals surface area (Å²) < 4.78 is 0. The Balaban J connectivity index is 0.000000125. The lowest BCUT2D eigenvalue weighted by Gasteiger charge is -2.25. The van der Waals surface area contributed by atoms with Gasteiger partial charge in [0, 0.05) is 65.2 Å². The Bertz CT molecular complexity index is 4730. The number of benzene rings is 6. The third kappa shape index (κ3) is 19.2. The van der Waals surface area contributed by atoms with E-state index in [2.05, 4.69) is 24.9 Å². The van der Waals surface area contributed by atoms with Crippen LogP contribution in [0.2, 0.25) is 0 Å². The van der Waals surface area contributed by atoms with Gasteiger partial charge in [0.2, 0.25) is 0 Å². The number of hydrogen-bond acceptors (Lipinski definition) is 10. The van der Waals surface area contributed by atoms with Crippen molar-refractivity contribution in [3.63, 3.8) is 0 Å². The molecule has 4 aliphatic rings. The summed E-state index contributed by atoms with van der Waals surface area (Å²) in [5.74, 6) is 2.94. The second-order valence-corrected chi connectivity index (χ2v) is 26.6. The van der Waals surface area contributed by atoms with E-state index in [1.54, 1.807) is 42.5 Å². The van der Waals surface area contributed by atoms with Crippen molar-refractivity contribution >= 4 is 0 Å². The molecule has 0 atom stereocenters. The van der Waals surface area contributed by atoms with Gasteiger partial charge >= 0.3 is 0 Å². The van der Waals surface area contributed by atoms with Crippen LogP contribution in [0.5, 0.6) is 28.7 Å². The van der Waals surface area contributed by atoms with Crippen molar-refractivity contribution in [1.82, 2.24) is 24.9 Å². The van der Waals surface area contributed by atoms with Crippen LogP contribution < -0.4 is 27.8 Å². The van der Waals surface area contributed by atoms with Crippen molar-refractivity contribution < 1.29 is 25.5 Å². The number of aromatic nitrogens is 5. The van der Waals surface area contributed by atoms with Crippen LogP contribution in [0.25, 0.3) is 55.6 Å². The molecule has 15 heteroatoms. The maximum absolute atomic E-state index is 12.3. The second kappa shape index (κ2) is 33.8. The van der Waals surface area contributed by atoms with Gasteiger partial charge < -0.3 is 50.5 Å². The fraction of sp³-hybridized carbons (Fsp3) is 0.274. The monoisotopic (exact) mass is 1330 g/mol. The number of hydrogen-bond donors (Lipinski definition) is 10. The highest BCUT2D eigenvalue weighted by Crippen LogP contribution is 2.36. The molecule has 11 aromatic rings. The zero-order chi connectivity index (χ0) is 69.0. The summed E-state index contributed by atoms with van der Waals surface area (Å²) in [6.45, 7) is 0. The maximum atomic E-state index is 12.3. The molecule has 5 aromatic heterocycles. The van der Waals surface area contributed by atoms with Gasteiger partial charge in [-0.2, -0.15) is 0 Å². The Kier molecular flexibility index (Phi) is 23.7. The first-order valence-corrected chi connectivity index (χ1v) is 34.8. The number of pyridine rings is 5. The van der Waals surface area contributed by atoms with E-state index < -0.39 is 0 Å². The molecule has 508 valence electrons. The van der Waals surface area contributed by atoms with Gasteiger partial charge in [0.25, 0.3) is 27.8 Å². The van der Waals surface area contributed by atoms with Gasteiger partial charge in [0.05, 0.1) is 27.8 Å². The molecular formula is C84H87N5O10. The van der Waals surface area contributed by atoms with E-state index in [0.717, 1.165) is 76.3 Å². The normalized spacial score (nSPS) is 14.3. The summed E-state index contributed by atoms with van der Waals surface area (Å²) in [6, 6.07) is 64.5. The lowest BCUT2D eigenvalue weighted by atomic mass is 9.82. The molecular weight excluding hydrogens is 1240 g/mol. The lowest BCUT2D eigenvalue weighted by molar-refractivity contribution is 0.311. The predicted molar refractivity (Wildman–Crippen MR) is 393 cm³/mol. The van der Waals surface area contributed by atoms with Crippen LogP contribution in [0, 0.1) is 23.7 Å². The van der Waals surface area contributed by atoms with Gasteiger partial charge in [0.15, 0.2) is 0 Å². The van der Waals surface area contributed by atoms with E-state index >= 15 is 0 Å². The van der Waals surface area contributed by atoms with E-state index in [4.69, 9.17) is 0 Å². The van der Waals surface area contributed by atoms with E-state index in [1.807, 2.05) is 170 Å². The third-order valence-electron chi connectivity index (χ3n) is 19.0. The fourth-order valence-corrected chi connectivity index (χ4v) is 13.6. The Labute approximate surface area is 575 Å². The van der Waals surface area contributed by atoms with Crippen molar-refractivity contribution in [2.75, 3.05) is 0 Å². The van der Waals surface area contributed by atoms with Gasteiger partial charge in [-0.15, -0.1) is 0 Å². The predicted octanol–water partition coefficient (Wildman–Crippen LogP) is 16.5. The zero-order valence-corrected chi connectivity index (χ0v) is 55.7. The Morgan fingerprint density at radius 1 is 0.253 bits per heavy atom. The lowest BCUT2D eigenvalue weighted by Crippen LogP contribution is -2.18. The number of nitrogens with one attached hydrogen (secondary N) is 5. The smallest absolute Gasteiger partial charge is 0.259 e. The molecule has 0 saturated heterocycles. The molecule has 0 amide bonds. The van der Waals surface area contributed by atoms with Crippen molar-refractivity contribution in [2.24, 2.45) is 23.7 Å². The first-order valence-electron chi connectivity index (χ1n) is 34.8. The molecule has 10 N–H and O–H groups in total. The number of aromatic hydroxyl groups is 5. The highest BCUT2D eigenvalue weighted by molar-refractivity contribution is 5.72. The molecule has 0 radical (unpaired) electrons. The third-order valence-corrected chi connectivity index (χ3v) is 19.0. The molecule has 4 aliphatic carbocycles. The average molecular weight is 1330 g/mol. The summed E-state index contributed by atoms with van der Waals surface area (Å²) in [5, 5.41) is 50.7. The molecule has 0 aliphatic heterocycles. The molecule has 0 unspecified atom stereocenters. The zero-order valence-electron chi connectivity index (χ0n) is 55.7. The van der Waals surface area contributed by atoms with E-state index in [9.17, 15) is 49.5 Å². The number of aromatic amines is 5. The van der Waals surface area contributed by atoms with Gasteiger partial charge in [0.1, 0.15) is 28.7 Å². The molecule has 5 heterocycles. The minimum Gasteiger partial charge on any atom is -0.507 e. The van der Waals surface area contributed by atoms with Gasteiger partial charge in [-0.3, -0.25) is 24.0 Å². The summed E-state index contributed by atoms with van der Waals surface area (Å²) in [5.41, 5.74) is 9.51. The minimum absolute atomic E-state index is 0.0101. The molecule has 0 spiro atoms. The van der Waals surface area contributed by atoms with Crippen molar-refractivity contribution in [2.45, 2.75) is 122 Å².